The Morgan fingerprint density at radius 3 is 2.64 bits per heavy atom. The van der Waals surface area contributed by atoms with Crippen LogP contribution >= 0.6 is 0 Å². The van der Waals surface area contributed by atoms with Gasteiger partial charge in [0.25, 0.3) is 5.88 Å². The molecule has 116 valence electrons. The van der Waals surface area contributed by atoms with Gasteiger partial charge in [-0.2, -0.15) is 0 Å². The second-order valence-electron chi connectivity index (χ2n) is 4.81. The number of aromatic nitrogens is 3. The fourth-order valence-corrected chi connectivity index (χ4v) is 2.29. The molecule has 1 fully saturated rings. The number of benzene rings is 1. The van der Waals surface area contributed by atoms with E-state index in [0.29, 0.717) is 5.75 Å². The summed E-state index contributed by atoms with van der Waals surface area (Å²) >= 11 is 0. The summed E-state index contributed by atoms with van der Waals surface area (Å²) in [5, 5.41) is 13.1. The number of H-pyrrole nitrogens is 1. The van der Waals surface area contributed by atoms with Crippen LogP contribution < -0.4 is 15.0 Å². The maximum Gasteiger partial charge on any atom is 0.364 e. The predicted molar refractivity (Wildman–Crippen MR) is 79.3 cm³/mol. The lowest BCUT2D eigenvalue weighted by Gasteiger charge is -2.29. The molecule has 0 radical (unpaired) electrons. The molecule has 2 N–H and O–H groups in total. The summed E-state index contributed by atoms with van der Waals surface area (Å²) < 4.78 is 10.2. The molecule has 0 saturated carbocycles. The van der Waals surface area contributed by atoms with Crippen LogP contribution in [0.15, 0.2) is 24.3 Å². The monoisotopic (exact) mass is 303 g/mol. The third-order valence-corrected chi connectivity index (χ3v) is 3.43. The van der Waals surface area contributed by atoms with Crippen LogP contribution in [0.2, 0.25) is 0 Å². The zero-order chi connectivity index (χ0) is 15.4. The van der Waals surface area contributed by atoms with E-state index in [0.717, 1.165) is 31.9 Å². The molecule has 1 aliphatic heterocycles. The molecule has 1 aliphatic rings. The van der Waals surface area contributed by atoms with Crippen molar-refractivity contribution in [2.24, 2.45) is 0 Å². The Morgan fingerprint density at radius 2 is 1.95 bits per heavy atom. The van der Waals surface area contributed by atoms with E-state index >= 15 is 0 Å². The summed E-state index contributed by atoms with van der Waals surface area (Å²) in [6.45, 7) is 3.94. The molecule has 8 heteroatoms. The SMILES string of the molecule is COC(=O)c1nn[nH]c1Oc1ccc(N2CCNCC2)cc1. The summed E-state index contributed by atoms with van der Waals surface area (Å²) in [5.74, 6) is 0.165. The van der Waals surface area contributed by atoms with E-state index < -0.39 is 5.97 Å². The Kier molecular flexibility index (Phi) is 4.19. The Morgan fingerprint density at radius 1 is 1.23 bits per heavy atom. The highest BCUT2D eigenvalue weighted by Crippen LogP contribution is 2.25. The fourth-order valence-electron chi connectivity index (χ4n) is 2.29. The van der Waals surface area contributed by atoms with Crippen molar-refractivity contribution in [2.75, 3.05) is 38.2 Å². The molecule has 0 amide bonds. The molecule has 0 unspecified atom stereocenters. The lowest BCUT2D eigenvalue weighted by Crippen LogP contribution is -2.43. The van der Waals surface area contributed by atoms with E-state index in [9.17, 15) is 4.79 Å². The van der Waals surface area contributed by atoms with Crippen molar-refractivity contribution in [3.63, 3.8) is 0 Å². The van der Waals surface area contributed by atoms with Crippen LogP contribution in [0.1, 0.15) is 10.5 Å². The standard InChI is InChI=1S/C14H17N5O3/c1-21-14(20)12-13(17-18-16-12)22-11-4-2-10(3-5-11)19-8-6-15-7-9-19/h2-5,15H,6-9H2,1H3,(H,16,17,18). The van der Waals surface area contributed by atoms with Gasteiger partial charge >= 0.3 is 5.97 Å². The second kappa shape index (κ2) is 6.44. The minimum atomic E-state index is -0.596. The van der Waals surface area contributed by atoms with Gasteiger partial charge in [0.2, 0.25) is 5.69 Å². The van der Waals surface area contributed by atoms with Crippen molar-refractivity contribution in [3.8, 4) is 11.6 Å². The van der Waals surface area contributed by atoms with Crippen LogP contribution in [0.4, 0.5) is 5.69 Å². The van der Waals surface area contributed by atoms with Gasteiger partial charge in [-0.15, -0.1) is 5.10 Å². The van der Waals surface area contributed by atoms with E-state index in [1.807, 2.05) is 24.3 Å². The third-order valence-electron chi connectivity index (χ3n) is 3.43. The van der Waals surface area contributed by atoms with Gasteiger partial charge in [-0.3, -0.25) is 0 Å². The van der Waals surface area contributed by atoms with E-state index in [1.54, 1.807) is 0 Å². The lowest BCUT2D eigenvalue weighted by molar-refractivity contribution is 0.0591. The van der Waals surface area contributed by atoms with Gasteiger partial charge in [-0.25, -0.2) is 9.89 Å². The molecule has 22 heavy (non-hydrogen) atoms. The van der Waals surface area contributed by atoms with Crippen LogP contribution in [-0.2, 0) is 4.74 Å². The maximum absolute atomic E-state index is 11.5. The van der Waals surface area contributed by atoms with Crippen molar-refractivity contribution in [3.05, 3.63) is 30.0 Å². The Bertz CT molecular complexity index is 634. The second-order valence-corrected chi connectivity index (χ2v) is 4.81. The molecule has 0 spiro atoms. The normalized spacial score (nSPS) is 14.7. The van der Waals surface area contributed by atoms with Crippen LogP contribution in [0, 0.1) is 0 Å². The molecule has 0 bridgehead atoms. The van der Waals surface area contributed by atoms with Crippen molar-refractivity contribution in [1.82, 2.24) is 20.7 Å². The topological polar surface area (TPSA) is 92.4 Å². The van der Waals surface area contributed by atoms with E-state index in [4.69, 9.17) is 4.74 Å². The minimum Gasteiger partial charge on any atom is -0.464 e. The molecule has 3 rings (SSSR count). The van der Waals surface area contributed by atoms with Gasteiger partial charge in [0.05, 0.1) is 7.11 Å². The van der Waals surface area contributed by atoms with Crippen molar-refractivity contribution in [1.29, 1.82) is 0 Å². The molecule has 0 atom stereocenters. The fraction of sp³-hybridized carbons (Fsp3) is 0.357. The number of carbonyl (C=O) groups is 1. The lowest BCUT2D eigenvalue weighted by atomic mass is 10.2. The molecular weight excluding hydrogens is 286 g/mol. The number of nitrogens with zero attached hydrogens (tertiary/aromatic N) is 3. The number of anilines is 1. The van der Waals surface area contributed by atoms with Crippen LogP contribution in [-0.4, -0.2) is 54.7 Å². The number of carbonyl (C=O) groups excluding carboxylic acids is 1. The highest BCUT2D eigenvalue weighted by atomic mass is 16.5. The zero-order valence-electron chi connectivity index (χ0n) is 12.2. The highest BCUT2D eigenvalue weighted by molar-refractivity contribution is 5.89. The molecule has 2 aromatic rings. The summed E-state index contributed by atoms with van der Waals surface area (Å²) in [5.41, 5.74) is 1.17. The van der Waals surface area contributed by atoms with Crippen molar-refractivity contribution in [2.45, 2.75) is 0 Å². The molecule has 8 nitrogen and oxygen atoms in total. The highest BCUT2D eigenvalue weighted by Gasteiger charge is 2.18. The Balaban J connectivity index is 1.71. The van der Waals surface area contributed by atoms with E-state index in [2.05, 4.69) is 30.4 Å². The van der Waals surface area contributed by atoms with Gasteiger partial charge in [0.15, 0.2) is 0 Å². The van der Waals surface area contributed by atoms with Crippen LogP contribution in [0.3, 0.4) is 0 Å². The first kappa shape index (κ1) is 14.3. The molecule has 1 aromatic carbocycles. The zero-order valence-corrected chi connectivity index (χ0v) is 12.2. The first-order chi connectivity index (χ1) is 10.8. The van der Waals surface area contributed by atoms with Crippen LogP contribution in [0.5, 0.6) is 11.6 Å². The van der Waals surface area contributed by atoms with Gasteiger partial charge in [-0.1, -0.05) is 5.21 Å². The average Bonchev–Trinajstić information content (AvgIpc) is 3.04. The van der Waals surface area contributed by atoms with E-state index in [-0.39, 0.29) is 11.6 Å². The predicted octanol–water partition coefficient (Wildman–Crippen LogP) is 0.793. The third kappa shape index (κ3) is 3.01. The number of rotatable bonds is 4. The van der Waals surface area contributed by atoms with Crippen molar-refractivity contribution >= 4 is 11.7 Å². The van der Waals surface area contributed by atoms with Gasteiger partial charge in [0, 0.05) is 31.9 Å². The molecular formula is C14H17N5O3. The smallest absolute Gasteiger partial charge is 0.364 e. The maximum atomic E-state index is 11.5. The van der Waals surface area contributed by atoms with Crippen LogP contribution in [0.25, 0.3) is 0 Å². The number of piperazine rings is 1. The molecule has 2 heterocycles. The molecule has 0 aliphatic carbocycles. The minimum absolute atomic E-state index is 0.0219. The summed E-state index contributed by atoms with van der Waals surface area (Å²) in [7, 11) is 1.28. The number of hydrogen-bond acceptors (Lipinski definition) is 7. The molecule has 1 aromatic heterocycles. The average molecular weight is 303 g/mol. The summed E-state index contributed by atoms with van der Waals surface area (Å²) in [6.07, 6.45) is 0. The van der Waals surface area contributed by atoms with Crippen molar-refractivity contribution < 1.29 is 14.3 Å². The number of hydrogen-bond donors (Lipinski definition) is 2. The Hall–Kier alpha value is -2.61. The van der Waals surface area contributed by atoms with Gasteiger partial charge in [0.1, 0.15) is 5.75 Å². The largest absolute Gasteiger partial charge is 0.464 e. The quantitative estimate of drug-likeness (QED) is 0.807. The number of ether oxygens (including phenoxy) is 2. The van der Waals surface area contributed by atoms with E-state index in [1.165, 1.54) is 7.11 Å². The number of methoxy groups -OCH3 is 1. The molecule has 1 saturated heterocycles. The number of esters is 1. The number of aromatic amines is 1. The summed E-state index contributed by atoms with van der Waals surface area (Å²) in [4.78, 5) is 13.8. The summed E-state index contributed by atoms with van der Waals surface area (Å²) in [6, 6.07) is 7.67. The van der Waals surface area contributed by atoms with Gasteiger partial charge < -0.3 is 19.7 Å². The number of nitrogens with one attached hydrogen (secondary N) is 2. The van der Waals surface area contributed by atoms with Gasteiger partial charge in [-0.05, 0) is 24.3 Å². The Labute approximate surface area is 127 Å². The first-order valence-electron chi connectivity index (χ1n) is 7.01. The first-order valence-corrected chi connectivity index (χ1v) is 7.01.